The fourth-order valence-corrected chi connectivity index (χ4v) is 10.5. The average Bonchev–Trinajstić information content (AvgIpc) is 3.73. The van der Waals surface area contributed by atoms with E-state index in [1.165, 1.54) is 5.56 Å². The molecule has 320 valence electrons. The van der Waals surface area contributed by atoms with E-state index in [2.05, 4.69) is 37.6 Å². The highest BCUT2D eigenvalue weighted by Crippen LogP contribution is 2.37. The summed E-state index contributed by atoms with van der Waals surface area (Å²) in [4.78, 5) is 95.0. The van der Waals surface area contributed by atoms with Crippen LogP contribution in [0.3, 0.4) is 0 Å². The van der Waals surface area contributed by atoms with Crippen LogP contribution in [0.15, 0.2) is 48.7 Å². The molecule has 5 fully saturated rings. The molecule has 9 rings (SSSR count). The third-order valence-electron chi connectivity index (χ3n) is 13.8. The highest BCUT2D eigenvalue weighted by atomic mass is 16.2. The molecule has 61 heavy (non-hydrogen) atoms. The monoisotopic (exact) mass is 830 g/mol. The molecule has 6 heterocycles. The molecule has 3 aromatic rings. The predicted molar refractivity (Wildman–Crippen MR) is 226 cm³/mol. The number of urea groups is 1. The van der Waals surface area contributed by atoms with Crippen molar-refractivity contribution in [2.45, 2.75) is 88.1 Å². The van der Waals surface area contributed by atoms with Crippen molar-refractivity contribution in [3.63, 3.8) is 0 Å². The Morgan fingerprint density at radius 2 is 1.64 bits per heavy atom. The van der Waals surface area contributed by atoms with Gasteiger partial charge in [-0.3, -0.25) is 34.2 Å². The SMILES string of the molecule is CN1CCN([C@@H]2CCCC(c3cnc(C(N)=O)c(Nc4ccc(C5CCN(C[C@@H]6CCCN(c7ccc8c(c7)C(=O)N(C7CCC(=O)NC7=O)C8=O)C6)CC5)cc4)n3)C2)C1=O. The molecular formula is C45H54N10O6. The van der Waals surface area contributed by atoms with Gasteiger partial charge in [0.1, 0.15) is 6.04 Å². The standard InChI is InChI=1S/C45H54N10O6/c1-51-20-21-54(45(51)61)33-6-2-5-30(22-33)36-24-47-39(40(46)57)41(49-36)48-31-9-7-28(8-10-31)29-15-18-52(19-16-29)25-27-4-3-17-53(26-27)32-11-12-34-35(23-32)44(60)55(43(34)59)37-13-14-38(56)50-42(37)58/h7-12,23-24,27,29-30,33,37H,2-6,13-22,25-26H2,1H3,(H2,46,57)(H,48,49)(H,50,56,58)/t27-,30?,33+,37?/m0/s1. The van der Waals surface area contributed by atoms with Gasteiger partial charge in [0.15, 0.2) is 11.5 Å². The topological polar surface area (TPSA) is 194 Å². The molecule has 0 radical (unpaired) electrons. The van der Waals surface area contributed by atoms with E-state index in [1.807, 2.05) is 30.1 Å². The summed E-state index contributed by atoms with van der Waals surface area (Å²) in [5.41, 5.74) is 10.2. The number of hydrogen-bond donors (Lipinski definition) is 3. The Labute approximate surface area is 355 Å². The molecule has 16 nitrogen and oxygen atoms in total. The number of aromatic nitrogens is 2. The van der Waals surface area contributed by atoms with Gasteiger partial charge in [0.25, 0.3) is 17.7 Å². The van der Waals surface area contributed by atoms with Crippen LogP contribution in [-0.4, -0.2) is 130 Å². The van der Waals surface area contributed by atoms with E-state index < -0.39 is 35.6 Å². The van der Waals surface area contributed by atoms with Crippen LogP contribution in [0.2, 0.25) is 0 Å². The third-order valence-corrected chi connectivity index (χ3v) is 13.8. The number of anilines is 3. The number of nitrogens with two attached hydrogens (primary N) is 1. The molecule has 0 spiro atoms. The number of imide groups is 2. The molecule has 2 aromatic carbocycles. The second kappa shape index (κ2) is 16.9. The predicted octanol–water partition coefficient (Wildman–Crippen LogP) is 4.21. The quantitative estimate of drug-likeness (QED) is 0.248. The van der Waals surface area contributed by atoms with E-state index in [-0.39, 0.29) is 36.5 Å². The number of carbonyl (C=O) groups is 6. The van der Waals surface area contributed by atoms with Gasteiger partial charge >= 0.3 is 6.03 Å². The number of benzene rings is 2. The van der Waals surface area contributed by atoms with Gasteiger partial charge in [-0.15, -0.1) is 0 Å². The van der Waals surface area contributed by atoms with Crippen LogP contribution >= 0.6 is 0 Å². The normalized spacial score (nSPS) is 25.3. The van der Waals surface area contributed by atoms with Crippen LogP contribution in [0, 0.1) is 5.92 Å². The van der Waals surface area contributed by atoms with Crippen LogP contribution in [0.1, 0.15) is 119 Å². The molecule has 2 unspecified atom stereocenters. The second-order valence-corrected chi connectivity index (χ2v) is 17.7. The molecule has 5 aliphatic heterocycles. The summed E-state index contributed by atoms with van der Waals surface area (Å²) in [6.07, 6.45) is 9.88. The molecule has 1 saturated carbocycles. The van der Waals surface area contributed by atoms with E-state index in [0.717, 1.165) is 119 Å². The van der Waals surface area contributed by atoms with E-state index in [4.69, 9.17) is 10.7 Å². The fourth-order valence-electron chi connectivity index (χ4n) is 10.5. The van der Waals surface area contributed by atoms with Crippen molar-refractivity contribution in [2.24, 2.45) is 11.7 Å². The van der Waals surface area contributed by atoms with E-state index in [1.54, 1.807) is 23.2 Å². The van der Waals surface area contributed by atoms with E-state index in [0.29, 0.717) is 28.8 Å². The Kier molecular flexibility index (Phi) is 11.2. The van der Waals surface area contributed by atoms with Gasteiger partial charge in [0.2, 0.25) is 11.8 Å². The molecule has 4 saturated heterocycles. The summed E-state index contributed by atoms with van der Waals surface area (Å²) < 4.78 is 0. The zero-order valence-electron chi connectivity index (χ0n) is 34.7. The van der Waals surface area contributed by atoms with Crippen LogP contribution in [0.4, 0.5) is 22.0 Å². The number of fused-ring (bicyclic) bond motifs is 1. The number of hydrogen-bond acceptors (Lipinski definition) is 11. The number of carbonyl (C=O) groups excluding carboxylic acids is 6. The van der Waals surface area contributed by atoms with Gasteiger partial charge in [0, 0.05) is 75.7 Å². The van der Waals surface area contributed by atoms with Gasteiger partial charge in [-0.1, -0.05) is 18.6 Å². The Morgan fingerprint density at radius 1 is 0.852 bits per heavy atom. The van der Waals surface area contributed by atoms with Crippen molar-refractivity contribution >= 4 is 52.8 Å². The lowest BCUT2D eigenvalue weighted by Crippen LogP contribution is -2.54. The minimum atomic E-state index is -0.977. The van der Waals surface area contributed by atoms with Gasteiger partial charge in [-0.2, -0.15) is 0 Å². The largest absolute Gasteiger partial charge is 0.371 e. The molecule has 6 aliphatic rings. The zero-order valence-corrected chi connectivity index (χ0v) is 34.7. The van der Waals surface area contributed by atoms with Crippen LogP contribution < -0.4 is 21.3 Å². The zero-order chi connectivity index (χ0) is 42.4. The summed E-state index contributed by atoms with van der Waals surface area (Å²) in [6, 6.07) is 13.0. The molecule has 4 N–H and O–H groups in total. The summed E-state index contributed by atoms with van der Waals surface area (Å²) in [7, 11) is 1.85. The molecule has 7 amide bonds. The Balaban J connectivity index is 0.781. The molecule has 1 aliphatic carbocycles. The fraction of sp³-hybridized carbons (Fsp3) is 0.511. The smallest absolute Gasteiger partial charge is 0.320 e. The Bertz CT molecular complexity index is 2240. The third kappa shape index (κ3) is 8.17. The molecular weight excluding hydrogens is 777 g/mol. The van der Waals surface area contributed by atoms with Crippen molar-refractivity contribution in [1.82, 2.24) is 34.9 Å². The summed E-state index contributed by atoms with van der Waals surface area (Å²) in [5, 5.41) is 5.58. The summed E-state index contributed by atoms with van der Waals surface area (Å²) >= 11 is 0. The van der Waals surface area contributed by atoms with Crippen molar-refractivity contribution in [3.05, 3.63) is 76.7 Å². The molecule has 4 atom stereocenters. The van der Waals surface area contributed by atoms with E-state index in [9.17, 15) is 28.8 Å². The highest BCUT2D eigenvalue weighted by molar-refractivity contribution is 6.23. The first-order valence-corrected chi connectivity index (χ1v) is 21.9. The van der Waals surface area contributed by atoms with E-state index >= 15 is 0 Å². The van der Waals surface area contributed by atoms with Crippen molar-refractivity contribution < 1.29 is 28.8 Å². The van der Waals surface area contributed by atoms with Gasteiger partial charge < -0.3 is 30.7 Å². The number of primary amides is 1. The maximum atomic E-state index is 13.4. The minimum absolute atomic E-state index is 0.0865. The lowest BCUT2D eigenvalue weighted by molar-refractivity contribution is -0.136. The summed E-state index contributed by atoms with van der Waals surface area (Å²) in [5.74, 6) is -1.23. The first-order valence-electron chi connectivity index (χ1n) is 21.9. The lowest BCUT2D eigenvalue weighted by Gasteiger charge is -2.39. The van der Waals surface area contributed by atoms with Gasteiger partial charge in [-0.25, -0.2) is 14.8 Å². The number of nitrogens with zero attached hydrogens (tertiary/aromatic N) is 7. The highest BCUT2D eigenvalue weighted by Gasteiger charge is 2.45. The number of rotatable bonds is 10. The van der Waals surface area contributed by atoms with Gasteiger partial charge in [0.05, 0.1) is 16.8 Å². The maximum absolute atomic E-state index is 13.4. The number of amides is 7. The molecule has 1 aromatic heterocycles. The lowest BCUT2D eigenvalue weighted by atomic mass is 9.83. The van der Waals surface area contributed by atoms with Crippen molar-refractivity contribution in [2.75, 3.05) is 63.1 Å². The van der Waals surface area contributed by atoms with Crippen LogP contribution in [0.5, 0.6) is 0 Å². The summed E-state index contributed by atoms with van der Waals surface area (Å²) in [6.45, 7) is 6.21. The minimum Gasteiger partial charge on any atom is -0.371 e. The van der Waals surface area contributed by atoms with Crippen molar-refractivity contribution in [3.8, 4) is 0 Å². The van der Waals surface area contributed by atoms with Crippen LogP contribution in [0.25, 0.3) is 0 Å². The van der Waals surface area contributed by atoms with Gasteiger partial charge in [-0.05, 0) is 112 Å². The van der Waals surface area contributed by atoms with Crippen molar-refractivity contribution in [1.29, 1.82) is 0 Å². The Hall–Kier alpha value is -5.90. The molecule has 16 heteroatoms. The average molecular weight is 831 g/mol. The van der Waals surface area contributed by atoms with Crippen LogP contribution in [-0.2, 0) is 9.59 Å². The second-order valence-electron chi connectivity index (χ2n) is 17.7. The Morgan fingerprint density at radius 3 is 2.38 bits per heavy atom. The first kappa shape index (κ1) is 40.5. The molecule has 0 bridgehead atoms. The number of likely N-dealkylation sites (tertiary alicyclic amines) is 1. The maximum Gasteiger partial charge on any atom is 0.320 e. The number of likely N-dealkylation sites (N-methyl/N-ethyl adjacent to an activating group) is 1. The number of nitrogens with one attached hydrogen (secondary N) is 2. The first-order chi connectivity index (χ1) is 29.5. The number of piperidine rings is 3.